The summed E-state index contributed by atoms with van der Waals surface area (Å²) in [6, 6.07) is 78.7. The predicted octanol–water partition coefficient (Wildman–Crippen LogP) is 15.8. The molecule has 2 heterocycles. The maximum atomic E-state index is 6.79. The highest BCUT2D eigenvalue weighted by atomic mass is 16.3. The number of anilines is 3. The zero-order valence-electron chi connectivity index (χ0n) is 32.1. The van der Waals surface area contributed by atoms with Gasteiger partial charge in [-0.25, -0.2) is 0 Å². The van der Waals surface area contributed by atoms with Crippen molar-refractivity contribution in [1.29, 1.82) is 0 Å². The zero-order chi connectivity index (χ0) is 38.9. The number of para-hydroxylation sites is 1. The van der Waals surface area contributed by atoms with Crippen LogP contribution in [0.5, 0.6) is 0 Å². The molecular weight excluding hydrogens is 717 g/mol. The van der Waals surface area contributed by atoms with Crippen molar-refractivity contribution in [3.8, 4) is 27.9 Å². The molecule has 0 radical (unpaired) electrons. The molecule has 0 aliphatic heterocycles. The molecule has 276 valence electrons. The lowest BCUT2D eigenvalue weighted by atomic mass is 9.98. The first-order valence-electron chi connectivity index (χ1n) is 20.2. The van der Waals surface area contributed by atoms with Gasteiger partial charge >= 0.3 is 0 Å². The van der Waals surface area contributed by atoms with Crippen LogP contribution in [0.15, 0.2) is 223 Å². The van der Waals surface area contributed by atoms with Gasteiger partial charge in [0.2, 0.25) is 0 Å². The summed E-state index contributed by atoms with van der Waals surface area (Å²) >= 11 is 0. The van der Waals surface area contributed by atoms with Crippen LogP contribution in [0, 0.1) is 0 Å². The van der Waals surface area contributed by atoms with Crippen LogP contribution in [-0.2, 0) is 0 Å². The Balaban J connectivity index is 1.14. The van der Waals surface area contributed by atoms with E-state index in [-0.39, 0.29) is 0 Å². The van der Waals surface area contributed by atoms with E-state index >= 15 is 0 Å². The quantitative estimate of drug-likeness (QED) is 0.169. The Hall–Kier alpha value is -7.88. The minimum Gasteiger partial charge on any atom is -0.455 e. The van der Waals surface area contributed by atoms with Gasteiger partial charge in [-0.05, 0) is 111 Å². The molecule has 2 aromatic heterocycles. The third kappa shape index (κ3) is 5.36. The Morgan fingerprint density at radius 2 is 0.966 bits per heavy atom. The minimum atomic E-state index is 0.859. The van der Waals surface area contributed by atoms with Crippen LogP contribution in [0.25, 0.3) is 93.2 Å². The fourth-order valence-electron chi connectivity index (χ4n) is 9.22. The van der Waals surface area contributed by atoms with E-state index in [9.17, 15) is 0 Å². The Kier molecular flexibility index (Phi) is 7.54. The van der Waals surface area contributed by atoms with E-state index in [2.05, 4.69) is 228 Å². The van der Waals surface area contributed by atoms with Gasteiger partial charge in [0.15, 0.2) is 0 Å². The molecule has 12 aromatic rings. The molecule has 0 saturated heterocycles. The molecule has 0 N–H and O–H groups in total. The Bertz CT molecular complexity index is 3540. The summed E-state index contributed by atoms with van der Waals surface area (Å²) in [6.07, 6.45) is 0. The number of hydrogen-bond donors (Lipinski definition) is 0. The third-order valence-corrected chi connectivity index (χ3v) is 11.9. The average molecular weight is 753 g/mol. The molecule has 3 nitrogen and oxygen atoms in total. The van der Waals surface area contributed by atoms with Crippen LogP contribution >= 0.6 is 0 Å². The highest BCUT2D eigenvalue weighted by molar-refractivity contribution is 6.23. The van der Waals surface area contributed by atoms with Gasteiger partial charge in [0.1, 0.15) is 11.2 Å². The van der Waals surface area contributed by atoms with Gasteiger partial charge < -0.3 is 13.9 Å². The SMILES string of the molecule is c1ccc(-c2cccc(-c3ccc(N(c4cccc5oc6c7ccccc7ccc6c45)c4cccc5c4c4cc6ccccc6cc4n5-c4ccccc4)cc3)c2)cc1. The fraction of sp³-hybridized carbons (Fsp3) is 0. The molecular formula is C56H36N2O. The second kappa shape index (κ2) is 13.4. The Morgan fingerprint density at radius 1 is 0.356 bits per heavy atom. The van der Waals surface area contributed by atoms with Crippen LogP contribution < -0.4 is 4.90 Å². The normalized spacial score (nSPS) is 11.7. The van der Waals surface area contributed by atoms with Crippen molar-refractivity contribution in [1.82, 2.24) is 4.57 Å². The lowest BCUT2D eigenvalue weighted by Gasteiger charge is -2.27. The molecule has 10 aromatic carbocycles. The Labute approximate surface area is 341 Å². The van der Waals surface area contributed by atoms with Gasteiger partial charge in [-0.3, -0.25) is 0 Å². The van der Waals surface area contributed by atoms with Crippen molar-refractivity contribution < 1.29 is 4.42 Å². The largest absolute Gasteiger partial charge is 0.455 e. The van der Waals surface area contributed by atoms with Crippen molar-refractivity contribution in [2.45, 2.75) is 0 Å². The van der Waals surface area contributed by atoms with Crippen LogP contribution in [-0.4, -0.2) is 4.57 Å². The molecule has 0 fully saturated rings. The van der Waals surface area contributed by atoms with Gasteiger partial charge in [0.25, 0.3) is 0 Å². The molecule has 0 unspecified atom stereocenters. The summed E-state index contributed by atoms with van der Waals surface area (Å²) in [5.41, 5.74) is 13.2. The fourth-order valence-corrected chi connectivity index (χ4v) is 9.22. The van der Waals surface area contributed by atoms with E-state index in [0.717, 1.165) is 66.5 Å². The molecule has 0 aliphatic rings. The highest BCUT2D eigenvalue weighted by Crippen LogP contribution is 2.48. The topological polar surface area (TPSA) is 21.3 Å². The molecule has 0 aliphatic carbocycles. The molecule has 3 heteroatoms. The van der Waals surface area contributed by atoms with Crippen molar-refractivity contribution in [2.24, 2.45) is 0 Å². The third-order valence-electron chi connectivity index (χ3n) is 11.9. The van der Waals surface area contributed by atoms with Crippen LogP contribution in [0.4, 0.5) is 17.1 Å². The molecule has 0 bridgehead atoms. The van der Waals surface area contributed by atoms with E-state index in [1.165, 1.54) is 43.8 Å². The zero-order valence-corrected chi connectivity index (χ0v) is 32.1. The van der Waals surface area contributed by atoms with Crippen molar-refractivity contribution in [3.63, 3.8) is 0 Å². The monoisotopic (exact) mass is 752 g/mol. The summed E-state index contributed by atoms with van der Waals surface area (Å²) in [6.45, 7) is 0. The number of furan rings is 1. The lowest BCUT2D eigenvalue weighted by molar-refractivity contribution is 0.672. The van der Waals surface area contributed by atoms with Crippen molar-refractivity contribution in [2.75, 3.05) is 4.90 Å². The predicted molar refractivity (Wildman–Crippen MR) is 249 cm³/mol. The first-order valence-corrected chi connectivity index (χ1v) is 20.2. The summed E-state index contributed by atoms with van der Waals surface area (Å²) in [7, 11) is 0. The molecule has 12 rings (SSSR count). The van der Waals surface area contributed by atoms with Crippen molar-refractivity contribution in [3.05, 3.63) is 218 Å². The molecule has 0 atom stereocenters. The summed E-state index contributed by atoms with van der Waals surface area (Å²) in [5, 5.41) is 9.27. The summed E-state index contributed by atoms with van der Waals surface area (Å²) in [5.74, 6) is 0. The van der Waals surface area contributed by atoms with Crippen molar-refractivity contribution >= 4 is 82.4 Å². The van der Waals surface area contributed by atoms with Crippen LogP contribution in [0.1, 0.15) is 0 Å². The van der Waals surface area contributed by atoms with Gasteiger partial charge in [0.05, 0.1) is 27.8 Å². The average Bonchev–Trinajstić information content (AvgIpc) is 3.86. The number of rotatable bonds is 6. The minimum absolute atomic E-state index is 0.859. The first-order chi connectivity index (χ1) is 29.3. The molecule has 0 spiro atoms. The lowest BCUT2D eigenvalue weighted by Crippen LogP contribution is -2.11. The second-order valence-corrected chi connectivity index (χ2v) is 15.3. The van der Waals surface area contributed by atoms with Gasteiger partial charge in [-0.1, -0.05) is 146 Å². The standard InChI is InChI=1S/C56H36N2O/c1-3-14-37(15-4-1)40-19-11-20-41(34-40)38-28-31-45(32-29-38)57(51-26-13-27-53-55(51)47-33-30-39-16-9-10-23-46(39)56(47)59-53)49-24-12-25-50-54(49)48-35-42-17-7-8-18-43(42)36-52(48)58(50)44-21-5-2-6-22-44/h1-36H. The number of aromatic nitrogens is 1. The highest BCUT2D eigenvalue weighted by Gasteiger charge is 2.25. The maximum absolute atomic E-state index is 6.79. The van der Waals surface area contributed by atoms with E-state index < -0.39 is 0 Å². The van der Waals surface area contributed by atoms with Crippen LogP contribution in [0.2, 0.25) is 0 Å². The molecule has 0 saturated carbocycles. The number of nitrogens with zero attached hydrogens (tertiary/aromatic N) is 2. The maximum Gasteiger partial charge on any atom is 0.143 e. The Morgan fingerprint density at radius 3 is 1.75 bits per heavy atom. The van der Waals surface area contributed by atoms with Gasteiger partial charge in [0, 0.05) is 32.9 Å². The second-order valence-electron chi connectivity index (χ2n) is 15.3. The van der Waals surface area contributed by atoms with Gasteiger partial charge in [-0.2, -0.15) is 0 Å². The van der Waals surface area contributed by atoms with E-state index in [4.69, 9.17) is 4.42 Å². The summed E-state index contributed by atoms with van der Waals surface area (Å²) in [4.78, 5) is 2.45. The first kappa shape index (κ1) is 33.3. The van der Waals surface area contributed by atoms with E-state index in [1.54, 1.807) is 0 Å². The van der Waals surface area contributed by atoms with Crippen LogP contribution in [0.3, 0.4) is 0 Å². The molecule has 0 amide bonds. The summed E-state index contributed by atoms with van der Waals surface area (Å²) < 4.78 is 9.21. The van der Waals surface area contributed by atoms with Gasteiger partial charge in [-0.15, -0.1) is 0 Å². The number of fused-ring (bicyclic) bond motifs is 9. The van der Waals surface area contributed by atoms with E-state index in [1.807, 2.05) is 0 Å². The van der Waals surface area contributed by atoms with E-state index in [0.29, 0.717) is 0 Å². The molecule has 59 heavy (non-hydrogen) atoms. The number of hydrogen-bond acceptors (Lipinski definition) is 2. The number of benzene rings is 10. The smallest absolute Gasteiger partial charge is 0.143 e.